The van der Waals surface area contributed by atoms with E-state index in [4.69, 9.17) is 0 Å². The van der Waals surface area contributed by atoms with Crippen molar-refractivity contribution < 1.29 is 9.00 Å². The summed E-state index contributed by atoms with van der Waals surface area (Å²) in [5.41, 5.74) is 1.95. The van der Waals surface area contributed by atoms with Crippen LogP contribution in [0.2, 0.25) is 0 Å². The molecule has 5 nitrogen and oxygen atoms in total. The lowest BCUT2D eigenvalue weighted by atomic mass is 10.1. The molecule has 0 saturated carbocycles. The Balaban J connectivity index is 1.97. The maximum atomic E-state index is 12.2. The number of nitrogens with zero attached hydrogens (tertiary/aromatic N) is 1. The number of urea groups is 1. The topological polar surface area (TPSA) is 61.4 Å². The van der Waals surface area contributed by atoms with Gasteiger partial charge in [-0.25, -0.2) is 4.79 Å². The molecular weight excluding hydrogens is 286 g/mol. The quantitative estimate of drug-likeness (QED) is 0.894. The zero-order valence-corrected chi connectivity index (χ0v) is 13.4. The van der Waals surface area contributed by atoms with Gasteiger partial charge in [0.1, 0.15) is 0 Å². The number of nitrogens with one attached hydrogen (secondary N) is 2. The second kappa shape index (κ2) is 7.56. The van der Waals surface area contributed by atoms with Gasteiger partial charge in [0.05, 0.1) is 0 Å². The Morgan fingerprint density at radius 1 is 1.38 bits per heavy atom. The molecule has 0 bridgehead atoms. The second-order valence-electron chi connectivity index (χ2n) is 5.17. The van der Waals surface area contributed by atoms with Crippen molar-refractivity contribution in [1.82, 2.24) is 10.2 Å². The summed E-state index contributed by atoms with van der Waals surface area (Å²) in [5.74, 6) is 1.15. The first-order valence-electron chi connectivity index (χ1n) is 7.34. The molecule has 6 heteroatoms. The first-order valence-corrected chi connectivity index (χ1v) is 8.83. The predicted octanol–water partition coefficient (Wildman–Crippen LogP) is 1.95. The Labute approximate surface area is 128 Å². The van der Waals surface area contributed by atoms with Crippen LogP contribution >= 0.6 is 0 Å². The summed E-state index contributed by atoms with van der Waals surface area (Å²) in [6.07, 6.45) is 0. The highest BCUT2D eigenvalue weighted by Gasteiger charge is 2.20. The van der Waals surface area contributed by atoms with Crippen LogP contribution in [0.15, 0.2) is 24.3 Å². The van der Waals surface area contributed by atoms with E-state index in [1.165, 1.54) is 0 Å². The van der Waals surface area contributed by atoms with Gasteiger partial charge in [0.25, 0.3) is 0 Å². The van der Waals surface area contributed by atoms with E-state index in [9.17, 15) is 9.00 Å². The van der Waals surface area contributed by atoms with Crippen LogP contribution < -0.4 is 10.6 Å². The van der Waals surface area contributed by atoms with E-state index in [-0.39, 0.29) is 12.1 Å². The van der Waals surface area contributed by atoms with Gasteiger partial charge in [0.15, 0.2) is 0 Å². The van der Waals surface area contributed by atoms with Gasteiger partial charge in [-0.05, 0) is 31.2 Å². The number of benzene rings is 1. The van der Waals surface area contributed by atoms with Crippen molar-refractivity contribution >= 4 is 22.5 Å². The number of rotatable bonds is 4. The Bertz CT molecular complexity index is 511. The molecule has 0 spiro atoms. The van der Waals surface area contributed by atoms with E-state index < -0.39 is 10.8 Å². The molecule has 1 atom stereocenters. The molecule has 1 unspecified atom stereocenters. The van der Waals surface area contributed by atoms with E-state index in [0.717, 1.165) is 17.8 Å². The lowest BCUT2D eigenvalue weighted by Gasteiger charge is -2.26. The normalized spacial score (nSPS) is 17.5. The molecule has 0 aliphatic carbocycles. The van der Waals surface area contributed by atoms with Gasteiger partial charge in [0, 0.05) is 47.1 Å². The summed E-state index contributed by atoms with van der Waals surface area (Å²) in [7, 11) is -0.766. The Kier molecular flexibility index (Phi) is 5.76. The minimum absolute atomic E-state index is 0.111. The van der Waals surface area contributed by atoms with Crippen LogP contribution in [0.5, 0.6) is 0 Å². The second-order valence-corrected chi connectivity index (χ2v) is 6.87. The summed E-state index contributed by atoms with van der Waals surface area (Å²) < 4.78 is 11.3. The van der Waals surface area contributed by atoms with Crippen molar-refractivity contribution in [2.24, 2.45) is 0 Å². The zero-order valence-electron chi connectivity index (χ0n) is 12.6. The Morgan fingerprint density at radius 2 is 2.10 bits per heavy atom. The third-order valence-corrected chi connectivity index (χ3v) is 4.89. The first kappa shape index (κ1) is 16.0. The molecule has 1 heterocycles. The molecule has 1 aromatic rings. The minimum Gasteiger partial charge on any atom is -0.323 e. The first-order chi connectivity index (χ1) is 10.1. The summed E-state index contributed by atoms with van der Waals surface area (Å²) >= 11 is 0. The summed E-state index contributed by atoms with van der Waals surface area (Å²) in [4.78, 5) is 13.9. The summed E-state index contributed by atoms with van der Waals surface area (Å²) in [5, 5.41) is 6.28. The molecule has 2 rings (SSSR count). The van der Waals surface area contributed by atoms with Crippen molar-refractivity contribution in [3.05, 3.63) is 29.8 Å². The van der Waals surface area contributed by atoms with Gasteiger partial charge >= 0.3 is 6.03 Å². The van der Waals surface area contributed by atoms with E-state index in [2.05, 4.69) is 24.5 Å². The average Bonchev–Trinajstić information content (AvgIpc) is 2.48. The van der Waals surface area contributed by atoms with Crippen molar-refractivity contribution in [2.75, 3.05) is 36.5 Å². The minimum atomic E-state index is -0.766. The van der Waals surface area contributed by atoms with Crippen molar-refractivity contribution in [1.29, 1.82) is 0 Å². The van der Waals surface area contributed by atoms with Gasteiger partial charge in [-0.2, -0.15) is 0 Å². The number of carbonyl (C=O) groups is 1. The van der Waals surface area contributed by atoms with Gasteiger partial charge in [0.2, 0.25) is 0 Å². The van der Waals surface area contributed by atoms with Gasteiger partial charge in [-0.15, -0.1) is 0 Å². The van der Waals surface area contributed by atoms with Crippen LogP contribution in [0.25, 0.3) is 0 Å². The molecule has 1 aliphatic heterocycles. The fourth-order valence-corrected chi connectivity index (χ4v) is 3.41. The number of anilines is 1. The smallest absolute Gasteiger partial charge is 0.321 e. The van der Waals surface area contributed by atoms with Gasteiger partial charge < -0.3 is 15.5 Å². The van der Waals surface area contributed by atoms with Crippen molar-refractivity contribution in [2.45, 2.75) is 19.9 Å². The molecule has 21 heavy (non-hydrogen) atoms. The molecule has 1 aromatic carbocycles. The maximum absolute atomic E-state index is 12.2. The lowest BCUT2D eigenvalue weighted by Crippen LogP contribution is -2.43. The van der Waals surface area contributed by atoms with E-state index in [1.807, 2.05) is 24.3 Å². The molecule has 1 fully saturated rings. The number of carbonyl (C=O) groups excluding carboxylic acids is 1. The standard InChI is InChI=1S/C15H23N3O2S/c1-3-16-12(2)13-5-4-6-14(11-13)17-15(19)18-7-9-21(20)10-8-18/h4-6,11-12,16H,3,7-10H2,1-2H3,(H,17,19). The zero-order chi connectivity index (χ0) is 15.2. The lowest BCUT2D eigenvalue weighted by molar-refractivity contribution is 0.216. The Hall–Kier alpha value is -1.40. The third kappa shape index (κ3) is 4.54. The molecule has 0 aromatic heterocycles. The molecule has 1 saturated heterocycles. The largest absolute Gasteiger partial charge is 0.323 e. The average molecular weight is 309 g/mol. The van der Waals surface area contributed by atoms with Crippen molar-refractivity contribution in [3.8, 4) is 0 Å². The van der Waals surface area contributed by atoms with Crippen LogP contribution in [0.1, 0.15) is 25.5 Å². The fourth-order valence-electron chi connectivity index (χ4n) is 2.35. The summed E-state index contributed by atoms with van der Waals surface area (Å²) in [6.45, 7) is 6.20. The molecule has 0 radical (unpaired) electrons. The molecular formula is C15H23N3O2S. The highest BCUT2D eigenvalue weighted by Crippen LogP contribution is 2.18. The van der Waals surface area contributed by atoms with Crippen LogP contribution in [0.4, 0.5) is 10.5 Å². The maximum Gasteiger partial charge on any atom is 0.321 e. The van der Waals surface area contributed by atoms with Crippen LogP contribution in [-0.2, 0) is 10.8 Å². The van der Waals surface area contributed by atoms with E-state index in [1.54, 1.807) is 4.90 Å². The number of hydrogen-bond donors (Lipinski definition) is 2. The van der Waals surface area contributed by atoms with Gasteiger partial charge in [-0.1, -0.05) is 19.1 Å². The summed E-state index contributed by atoms with van der Waals surface area (Å²) in [6, 6.07) is 8.02. The van der Waals surface area contributed by atoms with Crippen LogP contribution in [0.3, 0.4) is 0 Å². The highest BCUT2D eigenvalue weighted by atomic mass is 32.2. The predicted molar refractivity (Wildman–Crippen MR) is 87.0 cm³/mol. The molecule has 2 N–H and O–H groups in total. The Morgan fingerprint density at radius 3 is 2.76 bits per heavy atom. The molecule has 2 amide bonds. The molecule has 116 valence electrons. The van der Waals surface area contributed by atoms with Crippen molar-refractivity contribution in [3.63, 3.8) is 0 Å². The van der Waals surface area contributed by atoms with E-state index in [0.29, 0.717) is 24.6 Å². The third-order valence-electron chi connectivity index (χ3n) is 3.61. The van der Waals surface area contributed by atoms with Crippen LogP contribution in [0, 0.1) is 0 Å². The number of hydrogen-bond acceptors (Lipinski definition) is 3. The van der Waals surface area contributed by atoms with Crippen LogP contribution in [-0.4, -0.2) is 46.3 Å². The SMILES string of the molecule is CCNC(C)c1cccc(NC(=O)N2CCS(=O)CC2)c1. The van der Waals surface area contributed by atoms with E-state index >= 15 is 0 Å². The highest BCUT2D eigenvalue weighted by molar-refractivity contribution is 7.85. The monoisotopic (exact) mass is 309 g/mol. The van der Waals surface area contributed by atoms with Gasteiger partial charge in [-0.3, -0.25) is 4.21 Å². The fraction of sp³-hybridized carbons (Fsp3) is 0.533. The molecule has 1 aliphatic rings. The number of amides is 2.